The molecule has 0 fully saturated rings. The maximum absolute atomic E-state index is 13.7. The van der Waals surface area contributed by atoms with Crippen molar-refractivity contribution in [2.45, 2.75) is 19.8 Å². The highest BCUT2D eigenvalue weighted by Gasteiger charge is 2.11. The zero-order valence-electron chi connectivity index (χ0n) is 10.6. The third kappa shape index (κ3) is 3.96. The van der Waals surface area contributed by atoms with E-state index >= 15 is 0 Å². The van der Waals surface area contributed by atoms with Crippen molar-refractivity contribution >= 4 is 22.9 Å². The summed E-state index contributed by atoms with van der Waals surface area (Å²) in [6.45, 7) is 4.00. The number of rotatable bonds is 6. The molecule has 0 aliphatic rings. The topological polar surface area (TPSA) is 37.8 Å². The number of nitrogens with one attached hydrogen (secondary N) is 1. The van der Waals surface area contributed by atoms with E-state index < -0.39 is 0 Å². The van der Waals surface area contributed by atoms with Crippen LogP contribution >= 0.6 is 22.9 Å². The van der Waals surface area contributed by atoms with Crippen molar-refractivity contribution in [3.8, 4) is 10.6 Å². The molecule has 0 atom stereocenters. The van der Waals surface area contributed by atoms with Crippen LogP contribution in [0.5, 0.6) is 0 Å². The van der Waals surface area contributed by atoms with Gasteiger partial charge < -0.3 is 5.32 Å². The predicted octanol–water partition coefficient (Wildman–Crippen LogP) is 3.54. The van der Waals surface area contributed by atoms with Gasteiger partial charge >= 0.3 is 0 Å². The maximum atomic E-state index is 13.7. The van der Waals surface area contributed by atoms with E-state index in [9.17, 15) is 4.39 Å². The first-order valence-electron chi connectivity index (χ1n) is 6.19. The van der Waals surface area contributed by atoms with Crippen molar-refractivity contribution in [1.29, 1.82) is 0 Å². The van der Waals surface area contributed by atoms with Crippen LogP contribution < -0.4 is 5.32 Å². The Morgan fingerprint density at radius 2 is 2.21 bits per heavy atom. The largest absolute Gasteiger partial charge is 0.317 e. The second kappa shape index (κ2) is 6.93. The molecule has 0 unspecified atom stereocenters. The molecule has 0 saturated heterocycles. The first-order chi connectivity index (χ1) is 9.20. The molecule has 102 valence electrons. The van der Waals surface area contributed by atoms with E-state index in [1.807, 2.05) is 0 Å². The Morgan fingerprint density at radius 1 is 1.37 bits per heavy atom. The highest BCUT2D eigenvalue weighted by atomic mass is 35.5. The van der Waals surface area contributed by atoms with Crippen LogP contribution in [0.2, 0.25) is 5.02 Å². The van der Waals surface area contributed by atoms with Gasteiger partial charge in [0.05, 0.1) is 0 Å². The van der Waals surface area contributed by atoms with Crippen molar-refractivity contribution in [1.82, 2.24) is 15.5 Å². The Labute approximate surface area is 120 Å². The van der Waals surface area contributed by atoms with Gasteiger partial charge in [-0.25, -0.2) is 4.39 Å². The molecule has 0 amide bonds. The lowest BCUT2D eigenvalue weighted by molar-refractivity contribution is 0.631. The summed E-state index contributed by atoms with van der Waals surface area (Å²) in [6.07, 6.45) is 1.85. The molecule has 0 bridgehead atoms. The van der Waals surface area contributed by atoms with Crippen molar-refractivity contribution < 1.29 is 4.39 Å². The van der Waals surface area contributed by atoms with Crippen molar-refractivity contribution in [3.05, 3.63) is 34.0 Å². The number of nitrogens with zero attached hydrogens (tertiary/aromatic N) is 2. The fraction of sp³-hybridized carbons (Fsp3) is 0.385. The second-order valence-corrected chi connectivity index (χ2v) is 5.58. The molecule has 1 aromatic carbocycles. The zero-order chi connectivity index (χ0) is 13.7. The molecule has 0 saturated carbocycles. The van der Waals surface area contributed by atoms with Gasteiger partial charge in [-0.1, -0.05) is 29.9 Å². The number of benzene rings is 1. The van der Waals surface area contributed by atoms with E-state index in [1.54, 1.807) is 6.07 Å². The standard InChI is InChI=1S/C13H15ClFN3S/c1-2-16-7-3-4-12-17-18-13(19-12)10-8-9(14)5-6-11(10)15/h5-6,8,16H,2-4,7H2,1H3. The Morgan fingerprint density at radius 3 is 3.00 bits per heavy atom. The van der Waals surface area contributed by atoms with Gasteiger partial charge in [0.1, 0.15) is 10.8 Å². The van der Waals surface area contributed by atoms with Crippen molar-refractivity contribution in [2.24, 2.45) is 0 Å². The molecule has 1 heterocycles. The van der Waals surface area contributed by atoms with Crippen LogP contribution in [0.3, 0.4) is 0 Å². The second-order valence-electron chi connectivity index (χ2n) is 4.08. The van der Waals surface area contributed by atoms with Crippen LogP contribution in [0.25, 0.3) is 10.6 Å². The molecular formula is C13H15ClFN3S. The van der Waals surface area contributed by atoms with Gasteiger partial charge in [0, 0.05) is 17.0 Å². The Hall–Kier alpha value is -1.04. The van der Waals surface area contributed by atoms with Gasteiger partial charge in [-0.2, -0.15) is 0 Å². The quantitative estimate of drug-likeness (QED) is 0.829. The van der Waals surface area contributed by atoms with E-state index in [-0.39, 0.29) is 5.82 Å². The highest BCUT2D eigenvalue weighted by Crippen LogP contribution is 2.28. The van der Waals surface area contributed by atoms with Crippen LogP contribution in [0.1, 0.15) is 18.4 Å². The summed E-state index contributed by atoms with van der Waals surface area (Å²) in [5, 5.41) is 13.4. The Balaban J connectivity index is 2.06. The van der Waals surface area contributed by atoms with Gasteiger partial charge in [0.15, 0.2) is 5.01 Å². The molecule has 0 aliphatic carbocycles. The molecule has 19 heavy (non-hydrogen) atoms. The first-order valence-corrected chi connectivity index (χ1v) is 7.38. The lowest BCUT2D eigenvalue weighted by Gasteiger charge is -1.99. The minimum atomic E-state index is -0.320. The van der Waals surface area contributed by atoms with Crippen molar-refractivity contribution in [2.75, 3.05) is 13.1 Å². The minimum Gasteiger partial charge on any atom is -0.317 e. The molecular weight excluding hydrogens is 285 g/mol. The van der Waals surface area contributed by atoms with E-state index in [1.165, 1.54) is 23.5 Å². The van der Waals surface area contributed by atoms with E-state index in [2.05, 4.69) is 22.4 Å². The SMILES string of the molecule is CCNCCCc1nnc(-c2cc(Cl)ccc2F)s1. The van der Waals surface area contributed by atoms with Gasteiger partial charge in [-0.05, 0) is 37.7 Å². The lowest BCUT2D eigenvalue weighted by Crippen LogP contribution is -2.14. The molecule has 1 aromatic heterocycles. The number of hydrogen-bond donors (Lipinski definition) is 1. The van der Waals surface area contributed by atoms with Gasteiger partial charge in [0.25, 0.3) is 0 Å². The summed E-state index contributed by atoms with van der Waals surface area (Å²) in [4.78, 5) is 0. The molecule has 6 heteroatoms. The molecule has 0 spiro atoms. The average molecular weight is 300 g/mol. The molecule has 3 nitrogen and oxygen atoms in total. The van der Waals surface area contributed by atoms with Crippen LogP contribution in [0.15, 0.2) is 18.2 Å². The third-order valence-electron chi connectivity index (χ3n) is 2.62. The Kier molecular flexibility index (Phi) is 5.24. The number of aryl methyl sites for hydroxylation is 1. The maximum Gasteiger partial charge on any atom is 0.150 e. The number of hydrogen-bond acceptors (Lipinski definition) is 4. The fourth-order valence-electron chi connectivity index (χ4n) is 1.67. The van der Waals surface area contributed by atoms with Crippen LogP contribution in [-0.2, 0) is 6.42 Å². The highest BCUT2D eigenvalue weighted by molar-refractivity contribution is 7.14. The number of halogens is 2. The van der Waals surface area contributed by atoms with Crippen LogP contribution in [0.4, 0.5) is 4.39 Å². The normalized spacial score (nSPS) is 10.9. The zero-order valence-corrected chi connectivity index (χ0v) is 12.2. The molecule has 0 radical (unpaired) electrons. The molecule has 2 aromatic rings. The summed E-state index contributed by atoms with van der Waals surface area (Å²) < 4.78 is 13.7. The third-order valence-corrected chi connectivity index (χ3v) is 3.87. The molecule has 1 N–H and O–H groups in total. The predicted molar refractivity (Wildman–Crippen MR) is 77.2 cm³/mol. The van der Waals surface area contributed by atoms with Gasteiger partial charge in [0.2, 0.25) is 0 Å². The summed E-state index contributed by atoms with van der Waals surface area (Å²) >= 11 is 7.29. The van der Waals surface area contributed by atoms with E-state index in [4.69, 9.17) is 11.6 Å². The molecule has 0 aliphatic heterocycles. The monoisotopic (exact) mass is 299 g/mol. The first kappa shape index (κ1) is 14.4. The fourth-order valence-corrected chi connectivity index (χ4v) is 2.74. The van der Waals surface area contributed by atoms with Gasteiger partial charge in [-0.15, -0.1) is 10.2 Å². The van der Waals surface area contributed by atoms with Crippen LogP contribution in [0, 0.1) is 5.82 Å². The van der Waals surface area contributed by atoms with Crippen molar-refractivity contribution in [3.63, 3.8) is 0 Å². The van der Waals surface area contributed by atoms with E-state index in [0.29, 0.717) is 15.6 Å². The van der Waals surface area contributed by atoms with Gasteiger partial charge in [-0.3, -0.25) is 0 Å². The minimum absolute atomic E-state index is 0.320. The summed E-state index contributed by atoms with van der Waals surface area (Å²) in [5.41, 5.74) is 0.419. The lowest BCUT2D eigenvalue weighted by atomic mass is 10.2. The summed E-state index contributed by atoms with van der Waals surface area (Å²) in [6, 6.07) is 4.46. The Bertz CT molecular complexity index is 544. The smallest absolute Gasteiger partial charge is 0.150 e. The summed E-state index contributed by atoms with van der Waals surface area (Å²) in [5.74, 6) is -0.320. The van der Waals surface area contributed by atoms with E-state index in [0.717, 1.165) is 30.9 Å². The van der Waals surface area contributed by atoms with Crippen LogP contribution in [-0.4, -0.2) is 23.3 Å². The average Bonchev–Trinajstić information content (AvgIpc) is 2.86. The number of aromatic nitrogens is 2. The summed E-state index contributed by atoms with van der Waals surface area (Å²) in [7, 11) is 0. The molecule has 2 rings (SSSR count).